The van der Waals surface area contributed by atoms with Gasteiger partial charge in [-0.1, -0.05) is 12.1 Å². The summed E-state index contributed by atoms with van der Waals surface area (Å²) in [5.41, 5.74) is 3.47. The van der Waals surface area contributed by atoms with Crippen molar-refractivity contribution in [1.29, 1.82) is 0 Å². The molecule has 5 rings (SSSR count). The van der Waals surface area contributed by atoms with Gasteiger partial charge in [0, 0.05) is 30.6 Å². The molecule has 0 radical (unpaired) electrons. The summed E-state index contributed by atoms with van der Waals surface area (Å²) in [4.78, 5) is 27.0. The fourth-order valence-corrected chi connectivity index (χ4v) is 5.38. The topological polar surface area (TPSA) is 92.7 Å². The van der Waals surface area contributed by atoms with Crippen molar-refractivity contribution >= 4 is 23.4 Å². The van der Waals surface area contributed by atoms with Crippen molar-refractivity contribution in [3.8, 4) is 11.5 Å². The van der Waals surface area contributed by atoms with Gasteiger partial charge in [-0.25, -0.2) is 9.80 Å². The molecule has 9 nitrogen and oxygen atoms in total. The van der Waals surface area contributed by atoms with Crippen molar-refractivity contribution in [2.45, 2.75) is 77.2 Å². The maximum Gasteiger partial charge on any atom is 0.415 e. The van der Waals surface area contributed by atoms with Crippen molar-refractivity contribution in [2.24, 2.45) is 5.10 Å². The monoisotopic (exact) mass is 534 g/mol. The van der Waals surface area contributed by atoms with Gasteiger partial charge in [-0.2, -0.15) is 5.10 Å². The van der Waals surface area contributed by atoms with Crippen LogP contribution in [0.5, 0.6) is 11.5 Å². The van der Waals surface area contributed by atoms with Crippen LogP contribution in [0.2, 0.25) is 0 Å². The van der Waals surface area contributed by atoms with E-state index in [0.29, 0.717) is 31.7 Å². The number of ether oxygens (including phenoxy) is 3. The van der Waals surface area contributed by atoms with E-state index in [9.17, 15) is 9.59 Å². The molecular formula is C30H38N4O5. The van der Waals surface area contributed by atoms with Gasteiger partial charge >= 0.3 is 6.09 Å². The van der Waals surface area contributed by atoms with E-state index in [1.54, 1.807) is 12.0 Å². The minimum atomic E-state index is -0.360. The number of carbonyl (C=O) groups is 2. The molecule has 0 spiro atoms. The molecule has 0 aromatic heterocycles. The Morgan fingerprint density at radius 3 is 2.54 bits per heavy atom. The van der Waals surface area contributed by atoms with Gasteiger partial charge in [0.1, 0.15) is 0 Å². The first-order valence-corrected chi connectivity index (χ1v) is 14.1. The summed E-state index contributed by atoms with van der Waals surface area (Å²) in [5, 5.41) is 9.45. The Morgan fingerprint density at radius 1 is 1.05 bits per heavy atom. The SMILES string of the molecule is CCN(C(=O)OC1CCCN1)c1ccc(CN2N=C(c3ccc(OC)c(OC4CCCC4)c3)CCC2=O)cc1. The van der Waals surface area contributed by atoms with Crippen molar-refractivity contribution in [2.75, 3.05) is 25.1 Å². The number of hydrogen-bond acceptors (Lipinski definition) is 7. The van der Waals surface area contributed by atoms with E-state index in [0.717, 1.165) is 60.5 Å². The third kappa shape index (κ3) is 6.53. The third-order valence-corrected chi connectivity index (χ3v) is 7.57. The highest BCUT2D eigenvalue weighted by molar-refractivity contribution is 6.04. The summed E-state index contributed by atoms with van der Waals surface area (Å²) in [6, 6.07) is 13.5. The first kappa shape index (κ1) is 27.0. The van der Waals surface area contributed by atoms with Gasteiger partial charge in [0.15, 0.2) is 17.7 Å². The number of benzene rings is 2. The van der Waals surface area contributed by atoms with E-state index in [2.05, 4.69) is 5.32 Å². The number of hydrogen-bond donors (Lipinski definition) is 1. The number of carbonyl (C=O) groups excluding carboxylic acids is 2. The third-order valence-electron chi connectivity index (χ3n) is 7.57. The highest BCUT2D eigenvalue weighted by Crippen LogP contribution is 2.33. The average Bonchev–Trinajstić information content (AvgIpc) is 3.66. The van der Waals surface area contributed by atoms with Crippen LogP contribution < -0.4 is 19.7 Å². The smallest absolute Gasteiger partial charge is 0.415 e. The Labute approximate surface area is 230 Å². The van der Waals surface area contributed by atoms with Crippen LogP contribution in [0.15, 0.2) is 47.6 Å². The molecule has 1 aliphatic carbocycles. The van der Waals surface area contributed by atoms with Gasteiger partial charge < -0.3 is 14.2 Å². The number of amides is 2. The zero-order valence-electron chi connectivity index (χ0n) is 22.9. The maximum absolute atomic E-state index is 12.7. The standard InChI is InChI=1S/C30H38N4O5/c1-3-33(30(36)39-28-9-6-18-31-28)23-13-10-21(11-14-23)20-34-29(35)17-15-25(32-34)22-12-16-26(37-2)27(19-22)38-24-7-4-5-8-24/h10-14,16,19,24,28,31H,3-9,15,17-18,20H2,1-2H3. The Bertz CT molecular complexity index is 1190. The van der Waals surface area contributed by atoms with Crippen LogP contribution in [0, 0.1) is 0 Å². The highest BCUT2D eigenvalue weighted by atomic mass is 16.6. The van der Waals surface area contributed by atoms with Crippen LogP contribution in [-0.4, -0.2) is 55.3 Å². The van der Waals surface area contributed by atoms with Crippen molar-refractivity contribution < 1.29 is 23.8 Å². The predicted molar refractivity (Wildman–Crippen MR) is 149 cm³/mol. The molecule has 1 saturated carbocycles. The summed E-state index contributed by atoms with van der Waals surface area (Å²) in [6.45, 7) is 3.64. The number of rotatable bonds is 9. The van der Waals surface area contributed by atoms with Gasteiger partial charge in [0.05, 0.1) is 25.5 Å². The lowest BCUT2D eigenvalue weighted by atomic mass is 10.0. The molecule has 2 aliphatic heterocycles. The number of nitrogens with one attached hydrogen (secondary N) is 1. The first-order valence-electron chi connectivity index (χ1n) is 14.1. The molecule has 1 N–H and O–H groups in total. The van der Waals surface area contributed by atoms with E-state index in [1.165, 1.54) is 17.9 Å². The average molecular weight is 535 g/mol. The largest absolute Gasteiger partial charge is 0.493 e. The minimum Gasteiger partial charge on any atom is -0.493 e. The highest BCUT2D eigenvalue weighted by Gasteiger charge is 2.25. The van der Waals surface area contributed by atoms with Gasteiger partial charge in [-0.05, 0) is 87.9 Å². The lowest BCUT2D eigenvalue weighted by Gasteiger charge is -2.25. The van der Waals surface area contributed by atoms with Crippen LogP contribution in [-0.2, 0) is 16.1 Å². The fraction of sp³-hybridized carbons (Fsp3) is 0.500. The molecule has 2 aromatic carbocycles. The molecule has 2 aromatic rings. The van der Waals surface area contributed by atoms with E-state index >= 15 is 0 Å². The quantitative estimate of drug-likeness (QED) is 0.475. The molecule has 2 amide bonds. The summed E-state index contributed by atoms with van der Waals surface area (Å²) in [5.74, 6) is 1.42. The van der Waals surface area contributed by atoms with E-state index in [-0.39, 0.29) is 24.3 Å². The van der Waals surface area contributed by atoms with E-state index in [1.807, 2.05) is 49.4 Å². The van der Waals surface area contributed by atoms with Crippen molar-refractivity contribution in [3.05, 3.63) is 53.6 Å². The van der Waals surface area contributed by atoms with Crippen LogP contribution in [0.4, 0.5) is 10.5 Å². The predicted octanol–water partition coefficient (Wildman–Crippen LogP) is 5.22. The van der Waals surface area contributed by atoms with E-state index < -0.39 is 0 Å². The lowest BCUT2D eigenvalue weighted by Crippen LogP contribution is -2.37. The normalized spacial score (nSPS) is 19.6. The molecule has 1 unspecified atom stereocenters. The van der Waals surface area contributed by atoms with Crippen molar-refractivity contribution in [1.82, 2.24) is 10.3 Å². The summed E-state index contributed by atoms with van der Waals surface area (Å²) in [7, 11) is 1.65. The zero-order valence-corrected chi connectivity index (χ0v) is 22.9. The molecule has 208 valence electrons. The molecule has 3 aliphatic rings. The Balaban J connectivity index is 1.27. The molecule has 1 saturated heterocycles. The second-order valence-corrected chi connectivity index (χ2v) is 10.3. The number of nitrogens with zero attached hydrogens (tertiary/aromatic N) is 3. The lowest BCUT2D eigenvalue weighted by molar-refractivity contribution is -0.132. The molecule has 0 bridgehead atoms. The molecule has 2 heterocycles. The number of hydrazone groups is 1. The summed E-state index contributed by atoms with van der Waals surface area (Å²) < 4.78 is 17.4. The van der Waals surface area contributed by atoms with Gasteiger partial charge in [-0.15, -0.1) is 0 Å². The first-order chi connectivity index (χ1) is 19.0. The molecule has 9 heteroatoms. The summed E-state index contributed by atoms with van der Waals surface area (Å²) >= 11 is 0. The maximum atomic E-state index is 12.7. The molecule has 1 atom stereocenters. The Kier molecular flexibility index (Phi) is 8.66. The number of anilines is 1. The van der Waals surface area contributed by atoms with Gasteiger partial charge in [0.25, 0.3) is 0 Å². The second kappa shape index (κ2) is 12.5. The fourth-order valence-electron chi connectivity index (χ4n) is 5.38. The molecule has 39 heavy (non-hydrogen) atoms. The summed E-state index contributed by atoms with van der Waals surface area (Å²) in [6.07, 6.45) is 6.94. The molecule has 2 fully saturated rings. The zero-order chi connectivity index (χ0) is 27.2. The van der Waals surface area contributed by atoms with Gasteiger partial charge in [-0.3, -0.25) is 15.0 Å². The van der Waals surface area contributed by atoms with E-state index in [4.69, 9.17) is 19.3 Å². The van der Waals surface area contributed by atoms with Crippen LogP contribution in [0.3, 0.4) is 0 Å². The Morgan fingerprint density at radius 2 is 1.85 bits per heavy atom. The van der Waals surface area contributed by atoms with Crippen LogP contribution in [0.25, 0.3) is 0 Å². The minimum absolute atomic E-state index is 0.0124. The second-order valence-electron chi connectivity index (χ2n) is 10.3. The number of methoxy groups -OCH3 is 1. The molecular weight excluding hydrogens is 496 g/mol. The van der Waals surface area contributed by atoms with Crippen LogP contribution >= 0.6 is 0 Å². The van der Waals surface area contributed by atoms with Crippen LogP contribution in [0.1, 0.15) is 69.4 Å². The van der Waals surface area contributed by atoms with Crippen molar-refractivity contribution in [3.63, 3.8) is 0 Å². The Hall–Kier alpha value is -3.59. The van der Waals surface area contributed by atoms with Gasteiger partial charge in [0.2, 0.25) is 5.91 Å².